The number of aryl methyl sites for hydroxylation is 1. The number of nitrogens with zero attached hydrogens (tertiary/aromatic N) is 3. The Bertz CT molecular complexity index is 1110. The van der Waals surface area contributed by atoms with Gasteiger partial charge in [-0.25, -0.2) is 4.79 Å². The number of aromatic nitrogens is 2. The van der Waals surface area contributed by atoms with Gasteiger partial charge in [0.05, 0.1) is 16.8 Å². The van der Waals surface area contributed by atoms with E-state index in [1.807, 2.05) is 29.8 Å². The molecule has 0 saturated heterocycles. The van der Waals surface area contributed by atoms with Gasteiger partial charge in [-0.1, -0.05) is 24.4 Å². The maximum atomic E-state index is 12.1. The van der Waals surface area contributed by atoms with Crippen molar-refractivity contribution in [2.45, 2.75) is 38.3 Å². The highest BCUT2D eigenvalue weighted by Crippen LogP contribution is 2.33. The highest BCUT2D eigenvalue weighted by Gasteiger charge is 2.18. The predicted octanol–water partition coefficient (Wildman–Crippen LogP) is 4.51. The molecular formula is C22H22ClN5O. The smallest absolute Gasteiger partial charge is 0.315 e. The van der Waals surface area contributed by atoms with Gasteiger partial charge in [0, 0.05) is 48.0 Å². The Morgan fingerprint density at radius 2 is 2.10 bits per heavy atom. The lowest BCUT2D eigenvalue weighted by atomic mass is 10.1. The summed E-state index contributed by atoms with van der Waals surface area (Å²) < 4.78 is 1.96. The Morgan fingerprint density at radius 3 is 2.86 bits per heavy atom. The van der Waals surface area contributed by atoms with Crippen LogP contribution >= 0.6 is 11.6 Å². The van der Waals surface area contributed by atoms with Gasteiger partial charge in [-0.05, 0) is 42.7 Å². The van der Waals surface area contributed by atoms with Crippen LogP contribution in [-0.4, -0.2) is 21.6 Å². The zero-order valence-electron chi connectivity index (χ0n) is 16.2. The first kappa shape index (κ1) is 19.3. The van der Waals surface area contributed by atoms with Crippen LogP contribution in [0.4, 0.5) is 4.79 Å². The van der Waals surface area contributed by atoms with Crippen LogP contribution in [0.1, 0.15) is 36.8 Å². The third-order valence-corrected chi connectivity index (χ3v) is 5.72. The molecule has 0 bridgehead atoms. The molecule has 2 aromatic heterocycles. The van der Waals surface area contributed by atoms with Gasteiger partial charge in [0.25, 0.3) is 0 Å². The summed E-state index contributed by atoms with van der Waals surface area (Å²) in [5.41, 5.74) is 3.96. The molecule has 0 atom stereocenters. The normalized spacial score (nSPS) is 14.1. The highest BCUT2D eigenvalue weighted by molar-refractivity contribution is 6.31. The van der Waals surface area contributed by atoms with Crippen LogP contribution in [0.3, 0.4) is 0 Å². The lowest BCUT2D eigenvalue weighted by Gasteiger charge is -2.13. The van der Waals surface area contributed by atoms with Crippen molar-refractivity contribution < 1.29 is 4.79 Å². The number of urea groups is 1. The van der Waals surface area contributed by atoms with E-state index in [9.17, 15) is 10.1 Å². The number of carbonyl (C=O) groups excluding carboxylic acids is 1. The molecule has 1 saturated carbocycles. The largest absolute Gasteiger partial charge is 0.342 e. The summed E-state index contributed by atoms with van der Waals surface area (Å²) in [5, 5.41) is 17.2. The summed E-state index contributed by atoms with van der Waals surface area (Å²) in [6.45, 7) is 0.372. The number of rotatable bonds is 4. The van der Waals surface area contributed by atoms with Gasteiger partial charge in [-0.2, -0.15) is 5.26 Å². The molecule has 0 unspecified atom stereocenters. The van der Waals surface area contributed by atoms with Crippen molar-refractivity contribution in [2.24, 2.45) is 7.05 Å². The van der Waals surface area contributed by atoms with E-state index in [1.54, 1.807) is 18.5 Å². The van der Waals surface area contributed by atoms with Crippen LogP contribution in [0.2, 0.25) is 5.02 Å². The number of nitrogens with one attached hydrogen (secondary N) is 2. The average Bonchev–Trinajstić information content (AvgIpc) is 3.32. The Balaban J connectivity index is 1.58. The van der Waals surface area contributed by atoms with Gasteiger partial charge < -0.3 is 15.2 Å². The molecule has 1 aromatic carbocycles. The zero-order valence-corrected chi connectivity index (χ0v) is 17.0. The second-order valence-electron chi connectivity index (χ2n) is 7.45. The van der Waals surface area contributed by atoms with Crippen LogP contribution in [-0.2, 0) is 13.6 Å². The van der Waals surface area contributed by atoms with E-state index >= 15 is 0 Å². The number of amides is 2. The monoisotopic (exact) mass is 407 g/mol. The first-order chi connectivity index (χ1) is 14.1. The maximum Gasteiger partial charge on any atom is 0.315 e. The van der Waals surface area contributed by atoms with E-state index in [0.717, 1.165) is 40.6 Å². The lowest BCUT2D eigenvalue weighted by Crippen LogP contribution is -2.40. The molecule has 0 radical (unpaired) electrons. The zero-order chi connectivity index (χ0) is 20.4. The number of hydrogen-bond acceptors (Lipinski definition) is 3. The molecule has 29 heavy (non-hydrogen) atoms. The minimum Gasteiger partial charge on any atom is -0.342 e. The first-order valence-corrected chi connectivity index (χ1v) is 10.1. The molecule has 148 valence electrons. The maximum absolute atomic E-state index is 12.1. The van der Waals surface area contributed by atoms with Gasteiger partial charge >= 0.3 is 6.03 Å². The third kappa shape index (κ3) is 3.92. The SMILES string of the molecule is Cn1c(-c2cncc(CNC(=O)NC3CCCC3)c2)c(C#N)c2ccc(Cl)cc21. The Morgan fingerprint density at radius 1 is 1.31 bits per heavy atom. The molecule has 4 rings (SSSR count). The number of fused-ring (bicyclic) bond motifs is 1. The van der Waals surface area contributed by atoms with Crippen molar-refractivity contribution >= 4 is 28.5 Å². The average molecular weight is 408 g/mol. The molecule has 2 amide bonds. The number of benzene rings is 1. The van der Waals surface area contributed by atoms with E-state index in [4.69, 9.17) is 11.6 Å². The second kappa shape index (κ2) is 8.14. The van der Waals surface area contributed by atoms with Crippen molar-refractivity contribution in [3.63, 3.8) is 0 Å². The third-order valence-electron chi connectivity index (χ3n) is 5.49. The van der Waals surface area contributed by atoms with E-state index < -0.39 is 0 Å². The first-order valence-electron chi connectivity index (χ1n) is 9.73. The van der Waals surface area contributed by atoms with Crippen molar-refractivity contribution in [2.75, 3.05) is 0 Å². The van der Waals surface area contributed by atoms with Crippen molar-refractivity contribution in [3.05, 3.63) is 52.8 Å². The molecule has 6 nitrogen and oxygen atoms in total. The van der Waals surface area contributed by atoms with E-state index in [-0.39, 0.29) is 12.1 Å². The summed E-state index contributed by atoms with van der Waals surface area (Å²) in [4.78, 5) is 16.5. The molecule has 3 aromatic rings. The van der Waals surface area contributed by atoms with E-state index in [2.05, 4.69) is 21.7 Å². The van der Waals surface area contributed by atoms with Gasteiger partial charge in [0.15, 0.2) is 0 Å². The summed E-state index contributed by atoms with van der Waals surface area (Å²) in [5.74, 6) is 0. The second-order valence-corrected chi connectivity index (χ2v) is 7.88. The number of pyridine rings is 1. The summed E-state index contributed by atoms with van der Waals surface area (Å²) in [6, 6.07) is 9.91. The summed E-state index contributed by atoms with van der Waals surface area (Å²) in [6.07, 6.45) is 7.91. The van der Waals surface area contributed by atoms with Crippen LogP contribution < -0.4 is 10.6 Å². The topological polar surface area (TPSA) is 82.7 Å². The summed E-state index contributed by atoms with van der Waals surface area (Å²) >= 11 is 6.14. The van der Waals surface area contributed by atoms with E-state index in [0.29, 0.717) is 17.1 Å². The fourth-order valence-electron chi connectivity index (χ4n) is 4.06. The summed E-state index contributed by atoms with van der Waals surface area (Å²) in [7, 11) is 1.91. The molecule has 0 spiro atoms. The fraction of sp³-hybridized carbons (Fsp3) is 0.318. The van der Waals surface area contributed by atoms with Crippen molar-refractivity contribution in [3.8, 4) is 17.3 Å². The molecular weight excluding hydrogens is 386 g/mol. The lowest BCUT2D eigenvalue weighted by molar-refractivity contribution is 0.236. The van der Waals surface area contributed by atoms with Crippen molar-refractivity contribution in [1.82, 2.24) is 20.2 Å². The Hall–Kier alpha value is -3.04. The number of carbonyl (C=O) groups is 1. The number of halogens is 1. The standard InChI is InChI=1S/C22H22ClN5O/c1-28-20-9-16(23)6-7-18(20)19(10-24)21(28)15-8-14(11-25-13-15)12-26-22(29)27-17-4-2-3-5-17/h6-9,11,13,17H,2-5,12H2,1H3,(H2,26,27,29). The van der Waals surface area contributed by atoms with Gasteiger partial charge in [0.2, 0.25) is 0 Å². The molecule has 7 heteroatoms. The van der Waals surface area contributed by atoms with Crippen LogP contribution in [0.15, 0.2) is 36.7 Å². The minimum atomic E-state index is -0.153. The highest BCUT2D eigenvalue weighted by atomic mass is 35.5. The van der Waals surface area contributed by atoms with Gasteiger partial charge in [-0.3, -0.25) is 4.98 Å². The van der Waals surface area contributed by atoms with Gasteiger partial charge in [0.1, 0.15) is 6.07 Å². The molecule has 2 heterocycles. The molecule has 1 aliphatic rings. The van der Waals surface area contributed by atoms with Gasteiger partial charge in [-0.15, -0.1) is 0 Å². The minimum absolute atomic E-state index is 0.153. The molecule has 0 aliphatic heterocycles. The number of nitriles is 1. The Kier molecular flexibility index (Phi) is 5.41. The van der Waals surface area contributed by atoms with Crippen LogP contribution in [0.5, 0.6) is 0 Å². The van der Waals surface area contributed by atoms with Crippen LogP contribution in [0, 0.1) is 11.3 Å². The quantitative estimate of drug-likeness (QED) is 0.667. The fourth-order valence-corrected chi connectivity index (χ4v) is 4.23. The molecule has 2 N–H and O–H groups in total. The molecule has 1 aliphatic carbocycles. The van der Waals surface area contributed by atoms with E-state index in [1.165, 1.54) is 12.8 Å². The van der Waals surface area contributed by atoms with Crippen LogP contribution in [0.25, 0.3) is 22.2 Å². The predicted molar refractivity (Wildman–Crippen MR) is 114 cm³/mol. The molecule has 1 fully saturated rings. The number of hydrogen-bond donors (Lipinski definition) is 2. The Labute approximate surface area is 174 Å². The van der Waals surface area contributed by atoms with Crippen molar-refractivity contribution in [1.29, 1.82) is 5.26 Å².